The van der Waals surface area contributed by atoms with Crippen molar-refractivity contribution in [1.29, 1.82) is 0 Å². The van der Waals surface area contributed by atoms with Crippen LogP contribution in [0.1, 0.15) is 271 Å². The maximum atomic E-state index is 13.4. The lowest BCUT2D eigenvalue weighted by Crippen LogP contribution is -2.38. The van der Waals surface area contributed by atoms with Gasteiger partial charge in [0, 0.05) is 104 Å². The highest BCUT2D eigenvalue weighted by atomic mass is 16.5. The molecule has 3 heterocycles. The van der Waals surface area contributed by atoms with E-state index in [1.165, 1.54) is 128 Å². The molecule has 3 fully saturated rings. The van der Waals surface area contributed by atoms with E-state index in [2.05, 4.69) is 23.6 Å². The van der Waals surface area contributed by atoms with Gasteiger partial charge in [-0.25, -0.2) is 0 Å². The molecule has 3 saturated heterocycles. The summed E-state index contributed by atoms with van der Waals surface area (Å²) < 4.78 is 71.2. The minimum Gasteiger partial charge on any atom is -0.378 e. The number of carbonyl (C=O) groups is 4. The van der Waals surface area contributed by atoms with Crippen molar-refractivity contribution >= 4 is 23.6 Å². The topological polar surface area (TPSA) is 198 Å². The molecule has 0 spiro atoms. The van der Waals surface area contributed by atoms with Crippen LogP contribution in [0, 0.1) is 0 Å². The van der Waals surface area contributed by atoms with Gasteiger partial charge in [0.1, 0.15) is 0 Å². The quantitative estimate of drug-likeness (QED) is 0.0521. The number of hydrogen-bond acceptors (Lipinski definition) is 18. The van der Waals surface area contributed by atoms with Crippen LogP contribution >= 0.6 is 0 Å². The molecule has 22 nitrogen and oxygen atoms in total. The lowest BCUT2D eigenvalue weighted by atomic mass is 10.1. The molecule has 0 saturated carbocycles. The third-order valence-electron chi connectivity index (χ3n) is 20.6. The normalized spacial score (nSPS) is 18.8. The average molecular weight is 1510 g/mol. The van der Waals surface area contributed by atoms with Gasteiger partial charge in [-0.1, -0.05) is 206 Å². The Morgan fingerprint density at radius 3 is 0.491 bits per heavy atom. The zero-order valence-corrected chi connectivity index (χ0v) is 68.4. The number of nitrogens with zero attached hydrogens (tertiary/aromatic N) is 6. The van der Waals surface area contributed by atoms with Crippen LogP contribution in [0.5, 0.6) is 0 Å². The molecular formula is C84H162N6O16. The molecule has 3 aliphatic heterocycles. The first-order chi connectivity index (χ1) is 52.4. The molecule has 0 unspecified atom stereocenters. The molecular weight excluding hydrogens is 1350 g/mol. The molecule has 3 rings (SSSR count). The van der Waals surface area contributed by atoms with Crippen LogP contribution in [0.3, 0.4) is 0 Å². The molecule has 624 valence electrons. The SMILES string of the molecule is CCCCCCCCCCCCN1CCOCCOCCN(C(=O)CCCCCCCCCCC(=O)N2CCOCCOCCN(C(=O)CCCCCCCCCCC(=O)N3CCOCCOCCN(CCCCCCCCCCCC)CCOCCOCC3)CCOCCOCC2)CCOCCOCC1. The van der Waals surface area contributed by atoms with E-state index >= 15 is 0 Å². The second-order valence-electron chi connectivity index (χ2n) is 29.6. The van der Waals surface area contributed by atoms with E-state index in [0.29, 0.717) is 237 Å². The zero-order valence-electron chi connectivity index (χ0n) is 68.4. The maximum absolute atomic E-state index is 13.4. The molecule has 0 aromatic heterocycles. The van der Waals surface area contributed by atoms with Gasteiger partial charge in [-0.2, -0.15) is 0 Å². The summed E-state index contributed by atoms with van der Waals surface area (Å²) in [6.07, 6.45) is 45.2. The van der Waals surface area contributed by atoms with Gasteiger partial charge in [0.15, 0.2) is 0 Å². The Balaban J connectivity index is 1.17. The highest BCUT2D eigenvalue weighted by molar-refractivity contribution is 5.77. The van der Waals surface area contributed by atoms with Crippen LogP contribution in [-0.4, -0.2) is 303 Å². The molecule has 4 amide bonds. The molecule has 22 heteroatoms. The minimum absolute atomic E-state index is 0.127. The van der Waals surface area contributed by atoms with Crippen LogP contribution in [-0.2, 0) is 76.0 Å². The number of carbonyl (C=O) groups excluding carboxylic acids is 4. The summed E-state index contributed by atoms with van der Waals surface area (Å²) in [5, 5.41) is 0. The summed E-state index contributed by atoms with van der Waals surface area (Å²) in [6.45, 7) is 26.7. The van der Waals surface area contributed by atoms with E-state index in [0.717, 1.165) is 142 Å². The highest BCUT2D eigenvalue weighted by Crippen LogP contribution is 2.17. The number of amides is 4. The molecule has 0 atom stereocenters. The Morgan fingerprint density at radius 2 is 0.321 bits per heavy atom. The Hall–Kier alpha value is -2.68. The van der Waals surface area contributed by atoms with Crippen LogP contribution < -0.4 is 0 Å². The summed E-state index contributed by atoms with van der Waals surface area (Å²) in [6, 6.07) is 0. The Kier molecular flexibility index (Phi) is 70.2. The summed E-state index contributed by atoms with van der Waals surface area (Å²) in [7, 11) is 0. The Bertz CT molecular complexity index is 1750. The molecule has 3 aliphatic rings. The summed E-state index contributed by atoms with van der Waals surface area (Å²) in [5.41, 5.74) is 0. The summed E-state index contributed by atoms with van der Waals surface area (Å²) in [5.74, 6) is 0.569. The number of unbranched alkanes of at least 4 members (excludes halogenated alkanes) is 32. The van der Waals surface area contributed by atoms with Crippen LogP contribution in [0.15, 0.2) is 0 Å². The first-order valence-electron chi connectivity index (χ1n) is 43.9. The number of rotatable bonds is 44. The van der Waals surface area contributed by atoms with Gasteiger partial charge >= 0.3 is 0 Å². The summed E-state index contributed by atoms with van der Waals surface area (Å²) in [4.78, 5) is 66.0. The number of hydrogen-bond donors (Lipinski definition) is 0. The summed E-state index contributed by atoms with van der Waals surface area (Å²) >= 11 is 0. The fourth-order valence-corrected chi connectivity index (χ4v) is 13.7. The first-order valence-corrected chi connectivity index (χ1v) is 43.9. The maximum Gasteiger partial charge on any atom is 0.222 e. The lowest BCUT2D eigenvalue weighted by molar-refractivity contribution is -0.134. The molecule has 0 aliphatic carbocycles. The van der Waals surface area contributed by atoms with Gasteiger partial charge in [-0.05, 0) is 51.6 Å². The average Bonchev–Trinajstić information content (AvgIpc) is 1.08. The van der Waals surface area contributed by atoms with Gasteiger partial charge in [0.2, 0.25) is 23.6 Å². The molecule has 0 N–H and O–H groups in total. The molecule has 0 radical (unpaired) electrons. The van der Waals surface area contributed by atoms with Crippen molar-refractivity contribution < 1.29 is 76.0 Å². The Labute approximate surface area is 647 Å². The lowest BCUT2D eigenvalue weighted by Gasteiger charge is -2.24. The monoisotopic (exact) mass is 1510 g/mol. The number of ether oxygens (including phenoxy) is 12. The predicted molar refractivity (Wildman–Crippen MR) is 425 cm³/mol. The second kappa shape index (κ2) is 76.3. The van der Waals surface area contributed by atoms with Crippen molar-refractivity contribution in [1.82, 2.24) is 29.4 Å². The van der Waals surface area contributed by atoms with E-state index in [1.54, 1.807) is 0 Å². The van der Waals surface area contributed by atoms with Crippen molar-refractivity contribution in [2.45, 2.75) is 271 Å². The molecule has 0 aromatic carbocycles. The van der Waals surface area contributed by atoms with Crippen molar-refractivity contribution in [3.8, 4) is 0 Å². The van der Waals surface area contributed by atoms with E-state index in [9.17, 15) is 19.2 Å². The van der Waals surface area contributed by atoms with E-state index in [4.69, 9.17) is 56.8 Å². The predicted octanol–water partition coefficient (Wildman–Crippen LogP) is 13.8. The van der Waals surface area contributed by atoms with Gasteiger partial charge in [0.25, 0.3) is 0 Å². The minimum atomic E-state index is 0.127. The third-order valence-corrected chi connectivity index (χ3v) is 20.6. The second-order valence-corrected chi connectivity index (χ2v) is 29.6. The molecule has 106 heavy (non-hydrogen) atoms. The third kappa shape index (κ3) is 61.0. The van der Waals surface area contributed by atoms with Crippen molar-refractivity contribution in [3.63, 3.8) is 0 Å². The highest BCUT2D eigenvalue weighted by Gasteiger charge is 2.19. The van der Waals surface area contributed by atoms with Gasteiger partial charge in [0.05, 0.1) is 159 Å². The van der Waals surface area contributed by atoms with Gasteiger partial charge < -0.3 is 76.4 Å². The van der Waals surface area contributed by atoms with Crippen LogP contribution in [0.2, 0.25) is 0 Å². The largest absolute Gasteiger partial charge is 0.378 e. The van der Waals surface area contributed by atoms with Crippen molar-refractivity contribution in [2.24, 2.45) is 0 Å². The van der Waals surface area contributed by atoms with Gasteiger partial charge in [-0.3, -0.25) is 29.0 Å². The van der Waals surface area contributed by atoms with Crippen molar-refractivity contribution in [3.05, 3.63) is 0 Å². The first kappa shape index (κ1) is 97.5. The zero-order chi connectivity index (χ0) is 75.4. The smallest absolute Gasteiger partial charge is 0.222 e. The van der Waals surface area contributed by atoms with Crippen molar-refractivity contribution in [2.75, 3.05) is 250 Å². The van der Waals surface area contributed by atoms with Crippen LogP contribution in [0.4, 0.5) is 0 Å². The molecule has 0 bridgehead atoms. The van der Waals surface area contributed by atoms with Gasteiger partial charge in [-0.15, -0.1) is 0 Å². The van der Waals surface area contributed by atoms with E-state index in [-0.39, 0.29) is 23.6 Å². The Morgan fingerprint density at radius 1 is 0.179 bits per heavy atom. The standard InChI is InChI=1S/C84H162N6O16/c1-3-5-7-9-11-13-19-25-31-37-43-85-45-57-95-69-73-99-61-49-87(50-62-100-74-70-96-58-46-85)81(91)39-33-27-21-15-17-23-29-35-41-83(93)89-53-65-103-77-79-105-67-55-90(56-68-106-80-78-104-66-54-89)84(94)42-36-30-24-18-16-22-28-34-40-82(92)88-51-63-101-75-71-97-59-47-86(48-60-98-72-76-102-64-52-88)44-38-32-26-20-14-12-10-8-6-4-2/h3-80H2,1-2H3. The van der Waals surface area contributed by atoms with Crippen LogP contribution in [0.25, 0.3) is 0 Å². The van der Waals surface area contributed by atoms with E-state index < -0.39 is 0 Å². The fraction of sp³-hybridized carbons (Fsp3) is 0.952. The fourth-order valence-electron chi connectivity index (χ4n) is 13.7. The molecule has 0 aromatic rings. The van der Waals surface area contributed by atoms with E-state index in [1.807, 2.05) is 19.6 Å².